The van der Waals surface area contributed by atoms with Gasteiger partial charge in [-0.1, -0.05) is 0 Å². The zero-order chi connectivity index (χ0) is 20.6. The van der Waals surface area contributed by atoms with Crippen LogP contribution in [-0.4, -0.2) is 73.6 Å². The summed E-state index contributed by atoms with van der Waals surface area (Å²) in [5.41, 5.74) is 0.404. The van der Waals surface area contributed by atoms with E-state index in [1.165, 1.54) is 28.6 Å². The summed E-state index contributed by atoms with van der Waals surface area (Å²) in [6, 6.07) is 7.81. The fourth-order valence-electron chi connectivity index (χ4n) is 3.98. The lowest BCUT2D eigenvalue weighted by atomic mass is 10.1. The Bertz CT molecular complexity index is 942. The predicted molar refractivity (Wildman–Crippen MR) is 104 cm³/mol. The van der Waals surface area contributed by atoms with Crippen molar-refractivity contribution in [1.82, 2.24) is 14.1 Å². The summed E-state index contributed by atoms with van der Waals surface area (Å²) in [6.07, 6.45) is 2.59. The maximum Gasteiger partial charge on any atom is 0.243 e. The Labute approximate surface area is 170 Å². The molecule has 2 amide bonds. The van der Waals surface area contributed by atoms with Gasteiger partial charge in [0, 0.05) is 45.7 Å². The van der Waals surface area contributed by atoms with Gasteiger partial charge in [-0.3, -0.25) is 9.59 Å². The molecule has 0 unspecified atom stereocenters. The van der Waals surface area contributed by atoms with Crippen molar-refractivity contribution >= 4 is 21.8 Å². The summed E-state index contributed by atoms with van der Waals surface area (Å²) in [5.74, 6) is 0.288. The lowest BCUT2D eigenvalue weighted by Crippen LogP contribution is -2.52. The van der Waals surface area contributed by atoms with Crippen molar-refractivity contribution in [2.45, 2.75) is 24.2 Å². The molecule has 3 aliphatic rings. The SMILES string of the molecule is N#Cc1ccc(S(=O)(=O)N2CCN(C(=O)[C@H]3CC(=O)N(CC4CC4)C3)CC2)cc1. The Hall–Kier alpha value is -2.44. The van der Waals surface area contributed by atoms with Crippen LogP contribution >= 0.6 is 0 Å². The van der Waals surface area contributed by atoms with Crippen molar-refractivity contribution in [2.75, 3.05) is 39.3 Å². The first kappa shape index (κ1) is 19.9. The summed E-state index contributed by atoms with van der Waals surface area (Å²) in [7, 11) is -3.66. The Balaban J connectivity index is 1.34. The molecule has 8 nitrogen and oxygen atoms in total. The normalized spacial score (nSPS) is 23.3. The summed E-state index contributed by atoms with van der Waals surface area (Å²) < 4.78 is 27.0. The minimum Gasteiger partial charge on any atom is -0.342 e. The molecule has 2 aliphatic heterocycles. The number of nitriles is 1. The lowest BCUT2D eigenvalue weighted by molar-refractivity contribution is -0.137. The molecule has 9 heteroatoms. The maximum absolute atomic E-state index is 12.8. The number of carbonyl (C=O) groups is 2. The molecule has 1 aromatic carbocycles. The van der Waals surface area contributed by atoms with Crippen molar-refractivity contribution in [3.05, 3.63) is 29.8 Å². The van der Waals surface area contributed by atoms with Crippen LogP contribution in [0.3, 0.4) is 0 Å². The number of sulfonamides is 1. The summed E-state index contributed by atoms with van der Waals surface area (Å²) >= 11 is 0. The average Bonchev–Trinajstić information content (AvgIpc) is 3.49. The van der Waals surface area contributed by atoms with Gasteiger partial charge in [-0.05, 0) is 43.0 Å². The van der Waals surface area contributed by atoms with E-state index in [9.17, 15) is 18.0 Å². The molecule has 1 atom stereocenters. The van der Waals surface area contributed by atoms with E-state index in [2.05, 4.69) is 0 Å². The predicted octanol–water partition coefficient (Wildman–Crippen LogP) is 0.650. The van der Waals surface area contributed by atoms with E-state index in [1.807, 2.05) is 11.0 Å². The molecule has 2 heterocycles. The third-order valence-electron chi connectivity index (χ3n) is 5.91. The monoisotopic (exact) mass is 416 g/mol. The number of nitrogens with zero attached hydrogens (tertiary/aromatic N) is 4. The summed E-state index contributed by atoms with van der Waals surface area (Å²) in [6.45, 7) is 2.33. The number of benzene rings is 1. The molecule has 0 radical (unpaired) electrons. The van der Waals surface area contributed by atoms with Gasteiger partial charge in [0.05, 0.1) is 22.4 Å². The van der Waals surface area contributed by atoms with Crippen molar-refractivity contribution < 1.29 is 18.0 Å². The largest absolute Gasteiger partial charge is 0.342 e. The van der Waals surface area contributed by atoms with Crippen LogP contribution in [0.2, 0.25) is 0 Å². The standard InChI is InChI=1S/C20H24N4O4S/c21-12-15-3-5-18(6-4-15)29(27,28)24-9-7-22(8-10-24)20(26)17-11-19(25)23(14-17)13-16-1-2-16/h3-6,16-17H,1-2,7-11,13-14H2/t17-/m0/s1. The fraction of sp³-hybridized carbons (Fsp3) is 0.550. The molecule has 1 aromatic rings. The molecular weight excluding hydrogens is 392 g/mol. The molecule has 1 aliphatic carbocycles. The highest BCUT2D eigenvalue weighted by atomic mass is 32.2. The van der Waals surface area contributed by atoms with Crippen molar-refractivity contribution in [3.8, 4) is 6.07 Å². The van der Waals surface area contributed by atoms with Crippen LogP contribution in [0.5, 0.6) is 0 Å². The van der Waals surface area contributed by atoms with E-state index >= 15 is 0 Å². The zero-order valence-electron chi connectivity index (χ0n) is 16.2. The molecule has 3 fully saturated rings. The lowest BCUT2D eigenvalue weighted by Gasteiger charge is -2.35. The van der Waals surface area contributed by atoms with Crippen LogP contribution in [-0.2, 0) is 19.6 Å². The Morgan fingerprint density at radius 1 is 1.10 bits per heavy atom. The maximum atomic E-state index is 12.8. The molecular formula is C20H24N4O4S. The van der Waals surface area contributed by atoms with Gasteiger partial charge in [-0.15, -0.1) is 0 Å². The van der Waals surface area contributed by atoms with Crippen molar-refractivity contribution in [1.29, 1.82) is 5.26 Å². The van der Waals surface area contributed by atoms with Crippen LogP contribution in [0.1, 0.15) is 24.8 Å². The molecule has 29 heavy (non-hydrogen) atoms. The zero-order valence-corrected chi connectivity index (χ0v) is 17.0. The van der Waals surface area contributed by atoms with Gasteiger partial charge in [-0.2, -0.15) is 9.57 Å². The summed E-state index contributed by atoms with van der Waals surface area (Å²) in [4.78, 5) is 28.6. The highest BCUT2D eigenvalue weighted by Crippen LogP contribution is 2.32. The number of likely N-dealkylation sites (tertiary alicyclic amines) is 1. The molecule has 0 N–H and O–H groups in total. The second kappa shape index (κ2) is 7.76. The van der Waals surface area contributed by atoms with Gasteiger partial charge in [0.2, 0.25) is 21.8 Å². The Morgan fingerprint density at radius 3 is 2.34 bits per heavy atom. The molecule has 1 saturated carbocycles. The second-order valence-corrected chi connectivity index (χ2v) is 9.95. The average molecular weight is 417 g/mol. The van der Waals surface area contributed by atoms with Crippen LogP contribution in [0.4, 0.5) is 0 Å². The van der Waals surface area contributed by atoms with E-state index in [0.29, 0.717) is 31.1 Å². The van der Waals surface area contributed by atoms with Crippen molar-refractivity contribution in [2.24, 2.45) is 11.8 Å². The highest BCUT2D eigenvalue weighted by molar-refractivity contribution is 7.89. The number of rotatable bonds is 5. The van der Waals surface area contributed by atoms with E-state index in [-0.39, 0.29) is 42.1 Å². The van der Waals surface area contributed by atoms with E-state index in [0.717, 1.165) is 19.4 Å². The first-order valence-electron chi connectivity index (χ1n) is 9.95. The highest BCUT2D eigenvalue weighted by Gasteiger charge is 2.40. The van der Waals surface area contributed by atoms with Gasteiger partial charge < -0.3 is 9.80 Å². The first-order valence-corrected chi connectivity index (χ1v) is 11.4. The molecule has 2 saturated heterocycles. The van der Waals surface area contributed by atoms with Crippen LogP contribution in [0.15, 0.2) is 29.2 Å². The van der Waals surface area contributed by atoms with E-state index in [1.54, 1.807) is 4.90 Å². The number of hydrogen-bond donors (Lipinski definition) is 0. The topological polar surface area (TPSA) is 102 Å². The van der Waals surface area contributed by atoms with E-state index in [4.69, 9.17) is 5.26 Å². The molecule has 0 spiro atoms. The number of amides is 2. The second-order valence-electron chi connectivity index (χ2n) is 8.01. The van der Waals surface area contributed by atoms with Crippen LogP contribution < -0.4 is 0 Å². The third kappa shape index (κ3) is 4.14. The van der Waals surface area contributed by atoms with Gasteiger partial charge in [0.25, 0.3) is 0 Å². The molecule has 0 bridgehead atoms. The number of carbonyl (C=O) groups excluding carboxylic acids is 2. The minimum atomic E-state index is -3.66. The van der Waals surface area contributed by atoms with Gasteiger partial charge in [-0.25, -0.2) is 8.42 Å². The molecule has 0 aromatic heterocycles. The first-order chi connectivity index (χ1) is 13.9. The van der Waals surface area contributed by atoms with Gasteiger partial charge in [0.1, 0.15) is 0 Å². The number of hydrogen-bond acceptors (Lipinski definition) is 5. The third-order valence-corrected chi connectivity index (χ3v) is 7.82. The van der Waals surface area contributed by atoms with E-state index < -0.39 is 10.0 Å². The van der Waals surface area contributed by atoms with Crippen molar-refractivity contribution in [3.63, 3.8) is 0 Å². The number of piperazine rings is 1. The van der Waals surface area contributed by atoms with Gasteiger partial charge in [0.15, 0.2) is 0 Å². The fourth-order valence-corrected chi connectivity index (χ4v) is 5.41. The quantitative estimate of drug-likeness (QED) is 0.701. The molecule has 4 rings (SSSR count). The minimum absolute atomic E-state index is 0.0490. The summed E-state index contributed by atoms with van der Waals surface area (Å²) in [5, 5.41) is 8.86. The van der Waals surface area contributed by atoms with Crippen LogP contribution in [0, 0.1) is 23.2 Å². The van der Waals surface area contributed by atoms with Crippen LogP contribution in [0.25, 0.3) is 0 Å². The molecule has 154 valence electrons. The smallest absolute Gasteiger partial charge is 0.243 e. The van der Waals surface area contributed by atoms with Gasteiger partial charge >= 0.3 is 0 Å². The Kier molecular flexibility index (Phi) is 5.32. The Morgan fingerprint density at radius 2 is 1.76 bits per heavy atom.